The number of ether oxygens (including phenoxy) is 1. The van der Waals surface area contributed by atoms with E-state index in [2.05, 4.69) is 16.9 Å². The van der Waals surface area contributed by atoms with Crippen LogP contribution < -0.4 is 15.0 Å². The molecule has 0 saturated heterocycles. The van der Waals surface area contributed by atoms with Gasteiger partial charge in [0.1, 0.15) is 5.75 Å². The molecule has 0 unspecified atom stereocenters. The van der Waals surface area contributed by atoms with E-state index in [1.807, 2.05) is 25.1 Å². The average Bonchev–Trinajstić information content (AvgIpc) is 3.41. The number of nitrogens with one attached hydrogen (secondary N) is 1. The summed E-state index contributed by atoms with van der Waals surface area (Å²) in [5.41, 5.74) is 2.41. The average molecular weight is 369 g/mol. The highest BCUT2D eigenvalue weighted by Crippen LogP contribution is 2.39. The molecule has 1 aliphatic carbocycles. The van der Waals surface area contributed by atoms with Gasteiger partial charge in [-0.05, 0) is 38.0 Å². The zero-order chi connectivity index (χ0) is 18.3. The molecule has 1 saturated carbocycles. The van der Waals surface area contributed by atoms with Crippen LogP contribution in [0.2, 0.25) is 0 Å². The van der Waals surface area contributed by atoms with E-state index in [4.69, 9.17) is 4.74 Å². The fourth-order valence-corrected chi connectivity index (χ4v) is 3.79. The minimum Gasteiger partial charge on any atom is -0.482 e. The molecule has 7 heteroatoms. The predicted molar refractivity (Wildman–Crippen MR) is 102 cm³/mol. The topological polar surface area (TPSA) is 71.5 Å². The molecule has 2 amide bonds. The van der Waals surface area contributed by atoms with E-state index in [-0.39, 0.29) is 24.3 Å². The van der Waals surface area contributed by atoms with Crippen molar-refractivity contribution in [2.75, 3.05) is 23.4 Å². The second kappa shape index (κ2) is 6.57. The van der Waals surface area contributed by atoms with Crippen molar-refractivity contribution in [2.24, 2.45) is 5.92 Å². The van der Waals surface area contributed by atoms with Crippen molar-refractivity contribution in [1.82, 2.24) is 4.98 Å². The third-order valence-electron chi connectivity index (χ3n) is 4.46. The smallest absolute Gasteiger partial charge is 0.265 e. The summed E-state index contributed by atoms with van der Waals surface area (Å²) in [4.78, 5) is 31.4. The van der Waals surface area contributed by atoms with Crippen molar-refractivity contribution in [2.45, 2.75) is 19.8 Å². The fraction of sp³-hybridized carbons (Fsp3) is 0.316. The molecule has 2 aliphatic rings. The number of aromatic nitrogens is 1. The summed E-state index contributed by atoms with van der Waals surface area (Å²) in [6.45, 7) is 6.16. The summed E-state index contributed by atoms with van der Waals surface area (Å²) in [6, 6.07) is 5.69. The lowest BCUT2D eigenvalue weighted by Gasteiger charge is -2.28. The second-order valence-electron chi connectivity index (χ2n) is 6.45. The Morgan fingerprint density at radius 3 is 3.04 bits per heavy atom. The van der Waals surface area contributed by atoms with Crippen molar-refractivity contribution in [1.29, 1.82) is 0 Å². The van der Waals surface area contributed by atoms with Gasteiger partial charge in [0.05, 0.1) is 11.4 Å². The zero-order valence-corrected chi connectivity index (χ0v) is 15.3. The van der Waals surface area contributed by atoms with E-state index >= 15 is 0 Å². The van der Waals surface area contributed by atoms with E-state index in [1.165, 1.54) is 11.3 Å². The number of aryl methyl sites for hydroxylation is 1. The highest BCUT2D eigenvalue weighted by atomic mass is 32.1. The Hall–Kier alpha value is -2.67. The van der Waals surface area contributed by atoms with Gasteiger partial charge in [0.2, 0.25) is 5.91 Å². The molecule has 134 valence electrons. The quantitative estimate of drug-likeness (QED) is 0.820. The van der Waals surface area contributed by atoms with Crippen LogP contribution in [-0.2, 0) is 9.59 Å². The van der Waals surface area contributed by atoms with Gasteiger partial charge in [-0.3, -0.25) is 9.59 Å². The summed E-state index contributed by atoms with van der Waals surface area (Å²) in [7, 11) is 0. The number of amides is 2. The van der Waals surface area contributed by atoms with Gasteiger partial charge in [-0.2, -0.15) is 0 Å². The molecule has 0 bridgehead atoms. The summed E-state index contributed by atoms with van der Waals surface area (Å²) in [5.74, 6) is 0.765. The molecule has 1 aliphatic heterocycles. The van der Waals surface area contributed by atoms with Gasteiger partial charge in [0, 0.05) is 22.9 Å². The van der Waals surface area contributed by atoms with Crippen molar-refractivity contribution < 1.29 is 14.3 Å². The first-order chi connectivity index (χ1) is 12.6. The Morgan fingerprint density at radius 1 is 1.50 bits per heavy atom. The van der Waals surface area contributed by atoms with Crippen molar-refractivity contribution in [3.05, 3.63) is 35.7 Å². The number of rotatable bonds is 5. The van der Waals surface area contributed by atoms with E-state index in [1.54, 1.807) is 11.0 Å². The molecule has 1 aromatic heterocycles. The minimum absolute atomic E-state index is 0.0350. The largest absolute Gasteiger partial charge is 0.482 e. The fourth-order valence-electron chi connectivity index (χ4n) is 2.95. The van der Waals surface area contributed by atoms with E-state index < -0.39 is 0 Å². The first-order valence-electron chi connectivity index (χ1n) is 8.53. The molecule has 26 heavy (non-hydrogen) atoms. The number of carbonyl (C=O) groups excluding carboxylic acids is 2. The maximum atomic E-state index is 12.1. The van der Waals surface area contributed by atoms with Crippen molar-refractivity contribution in [3.8, 4) is 17.0 Å². The maximum Gasteiger partial charge on any atom is 0.265 e. The highest BCUT2D eigenvalue weighted by molar-refractivity contribution is 7.16. The molecular formula is C19H19N3O3S. The van der Waals surface area contributed by atoms with Gasteiger partial charge in [-0.1, -0.05) is 6.08 Å². The zero-order valence-electron chi connectivity index (χ0n) is 14.4. The third-order valence-corrected chi connectivity index (χ3v) is 5.35. The van der Waals surface area contributed by atoms with Gasteiger partial charge < -0.3 is 15.0 Å². The molecule has 0 radical (unpaired) electrons. The lowest BCUT2D eigenvalue weighted by atomic mass is 10.1. The normalized spacial score (nSPS) is 16.0. The predicted octanol–water partition coefficient (Wildman–Crippen LogP) is 3.38. The van der Waals surface area contributed by atoms with Gasteiger partial charge >= 0.3 is 0 Å². The number of thiazole rings is 1. The second-order valence-corrected chi connectivity index (χ2v) is 7.65. The van der Waals surface area contributed by atoms with E-state index in [9.17, 15) is 9.59 Å². The SMILES string of the molecule is C=CCN1C(=O)COc2ccc(-c3nc(NC(=O)C4CC4)sc3C)cc21. The molecular weight excluding hydrogens is 350 g/mol. The van der Waals surface area contributed by atoms with Crippen molar-refractivity contribution in [3.63, 3.8) is 0 Å². The maximum absolute atomic E-state index is 12.1. The lowest BCUT2D eigenvalue weighted by Crippen LogP contribution is -2.38. The van der Waals surface area contributed by atoms with Crippen LogP contribution in [0.25, 0.3) is 11.3 Å². The van der Waals surface area contributed by atoms with Crippen LogP contribution in [0.4, 0.5) is 10.8 Å². The van der Waals surface area contributed by atoms with Crippen LogP contribution in [0.15, 0.2) is 30.9 Å². The molecule has 4 rings (SSSR count). The van der Waals surface area contributed by atoms with Crippen LogP contribution >= 0.6 is 11.3 Å². The third kappa shape index (κ3) is 3.10. The number of hydrogen-bond donors (Lipinski definition) is 1. The number of hydrogen-bond acceptors (Lipinski definition) is 5. The minimum atomic E-state index is -0.0954. The van der Waals surface area contributed by atoms with Crippen LogP contribution in [-0.4, -0.2) is 29.9 Å². The number of carbonyl (C=O) groups is 2. The van der Waals surface area contributed by atoms with Gasteiger partial charge in [-0.25, -0.2) is 4.98 Å². The molecule has 0 atom stereocenters. The molecule has 1 aromatic carbocycles. The number of fused-ring (bicyclic) bond motifs is 1. The summed E-state index contributed by atoms with van der Waals surface area (Å²) in [5, 5.41) is 3.51. The number of nitrogens with zero attached hydrogens (tertiary/aromatic N) is 2. The molecule has 2 heterocycles. The first-order valence-corrected chi connectivity index (χ1v) is 9.35. The molecule has 2 aromatic rings. The molecule has 0 spiro atoms. The van der Waals surface area contributed by atoms with Gasteiger partial charge in [0.25, 0.3) is 5.91 Å². The highest BCUT2D eigenvalue weighted by Gasteiger charge is 2.30. The Balaban J connectivity index is 1.66. The lowest BCUT2D eigenvalue weighted by molar-refractivity contribution is -0.121. The molecule has 1 fully saturated rings. The van der Waals surface area contributed by atoms with Crippen LogP contribution in [0.1, 0.15) is 17.7 Å². The monoisotopic (exact) mass is 369 g/mol. The van der Waals surface area contributed by atoms with E-state index in [0.717, 1.165) is 34.7 Å². The van der Waals surface area contributed by atoms with Crippen LogP contribution in [0.5, 0.6) is 5.75 Å². The van der Waals surface area contributed by atoms with Gasteiger partial charge in [-0.15, -0.1) is 17.9 Å². The Morgan fingerprint density at radius 2 is 2.31 bits per heavy atom. The molecule has 6 nitrogen and oxygen atoms in total. The van der Waals surface area contributed by atoms with Crippen LogP contribution in [0, 0.1) is 12.8 Å². The summed E-state index contributed by atoms with van der Waals surface area (Å²) >= 11 is 1.46. The first kappa shape index (κ1) is 16.8. The summed E-state index contributed by atoms with van der Waals surface area (Å²) < 4.78 is 5.52. The Bertz CT molecular complexity index is 901. The number of benzene rings is 1. The van der Waals surface area contributed by atoms with Crippen LogP contribution in [0.3, 0.4) is 0 Å². The number of anilines is 2. The Kier molecular flexibility index (Phi) is 4.24. The summed E-state index contributed by atoms with van der Waals surface area (Å²) in [6.07, 6.45) is 3.61. The van der Waals surface area contributed by atoms with Gasteiger partial charge in [0.15, 0.2) is 11.7 Å². The van der Waals surface area contributed by atoms with Crippen molar-refractivity contribution >= 4 is 34.0 Å². The standard InChI is InChI=1S/C19H19N3O3S/c1-3-8-22-14-9-13(6-7-15(14)25-10-16(22)23)17-11(2)26-19(20-17)21-18(24)12-4-5-12/h3,6-7,9,12H,1,4-5,8,10H2,2H3,(H,20,21,24). The van der Waals surface area contributed by atoms with E-state index in [0.29, 0.717) is 17.4 Å². The molecule has 1 N–H and O–H groups in total. The Labute approximate surface area is 155 Å².